The summed E-state index contributed by atoms with van der Waals surface area (Å²) in [4.78, 5) is 0. The highest BCUT2D eigenvalue weighted by molar-refractivity contribution is 5.30. The van der Waals surface area contributed by atoms with Crippen molar-refractivity contribution in [3.8, 4) is 5.75 Å². The van der Waals surface area contributed by atoms with Crippen LogP contribution < -0.4 is 10.1 Å². The maximum absolute atomic E-state index is 5.97. The zero-order valence-electron chi connectivity index (χ0n) is 10.3. The quantitative estimate of drug-likeness (QED) is 0.811. The fourth-order valence-corrected chi connectivity index (χ4v) is 1.80. The monoisotopic (exact) mass is 237 g/mol. The molecule has 0 aliphatic carbocycles. The minimum absolute atomic E-state index is 0.0454. The van der Waals surface area contributed by atoms with Crippen molar-refractivity contribution in [2.24, 2.45) is 0 Å². The highest BCUT2D eigenvalue weighted by Gasteiger charge is 2.24. The molecule has 2 rings (SSSR count). The van der Waals surface area contributed by atoms with Crippen LogP contribution >= 0.6 is 0 Å². The number of rotatable bonds is 6. The van der Waals surface area contributed by atoms with Crippen LogP contribution in [0.4, 0.5) is 0 Å². The van der Waals surface area contributed by atoms with Crippen molar-refractivity contribution in [1.82, 2.24) is 5.32 Å². The molecule has 1 heterocycles. The minimum Gasteiger partial charge on any atom is -0.497 e. The van der Waals surface area contributed by atoms with E-state index in [1.165, 1.54) is 0 Å². The predicted molar refractivity (Wildman–Crippen MR) is 65.4 cm³/mol. The Morgan fingerprint density at radius 2 is 2.29 bits per heavy atom. The van der Waals surface area contributed by atoms with Crippen LogP contribution in [0, 0.1) is 0 Å². The number of hydrogen-bond acceptors (Lipinski definition) is 4. The molecular formula is C13H19NO3. The molecule has 0 saturated carbocycles. The number of benzene rings is 1. The van der Waals surface area contributed by atoms with Gasteiger partial charge in [0, 0.05) is 6.54 Å². The molecule has 1 aliphatic heterocycles. The van der Waals surface area contributed by atoms with E-state index in [4.69, 9.17) is 14.2 Å². The summed E-state index contributed by atoms with van der Waals surface area (Å²) in [6.07, 6.45) is 0.267. The first kappa shape index (κ1) is 12.4. The molecule has 1 aromatic rings. The Labute approximate surface area is 102 Å². The van der Waals surface area contributed by atoms with E-state index in [-0.39, 0.29) is 12.2 Å². The summed E-state index contributed by atoms with van der Waals surface area (Å²) in [5.74, 6) is 0.858. The normalized spacial score (nSPS) is 17.5. The molecule has 1 aromatic carbocycles. The van der Waals surface area contributed by atoms with Gasteiger partial charge in [-0.05, 0) is 24.7 Å². The van der Waals surface area contributed by atoms with Gasteiger partial charge >= 0.3 is 0 Å². The summed E-state index contributed by atoms with van der Waals surface area (Å²) in [7, 11) is 3.60. The van der Waals surface area contributed by atoms with E-state index >= 15 is 0 Å². The molecule has 94 valence electrons. The van der Waals surface area contributed by atoms with Crippen LogP contribution in [0.15, 0.2) is 24.3 Å². The number of ether oxygens (including phenoxy) is 3. The number of methoxy groups -OCH3 is 1. The highest BCUT2D eigenvalue weighted by atomic mass is 16.6. The van der Waals surface area contributed by atoms with Gasteiger partial charge in [0.25, 0.3) is 0 Å². The molecule has 1 N–H and O–H groups in total. The third-order valence-electron chi connectivity index (χ3n) is 2.82. The van der Waals surface area contributed by atoms with E-state index < -0.39 is 0 Å². The van der Waals surface area contributed by atoms with Crippen molar-refractivity contribution in [3.63, 3.8) is 0 Å². The third-order valence-corrected chi connectivity index (χ3v) is 2.82. The molecule has 4 nitrogen and oxygen atoms in total. The van der Waals surface area contributed by atoms with Crippen molar-refractivity contribution < 1.29 is 14.2 Å². The van der Waals surface area contributed by atoms with E-state index in [0.717, 1.165) is 17.9 Å². The molecule has 1 fully saturated rings. The standard InChI is InChI=1S/C13H19NO3/c1-14-7-13(17-12-8-16-9-12)10-4-3-5-11(6-10)15-2/h3-6,12-14H,7-9H2,1-2H3. The van der Waals surface area contributed by atoms with E-state index in [1.807, 2.05) is 25.2 Å². The molecule has 4 heteroatoms. The lowest BCUT2D eigenvalue weighted by Gasteiger charge is -2.31. The fourth-order valence-electron chi connectivity index (χ4n) is 1.80. The molecule has 0 radical (unpaired) electrons. The smallest absolute Gasteiger partial charge is 0.119 e. The number of likely N-dealkylation sites (N-methyl/N-ethyl adjacent to an activating group) is 1. The Bertz CT molecular complexity index is 352. The van der Waals surface area contributed by atoms with Gasteiger partial charge in [0.05, 0.1) is 26.4 Å². The second-order valence-corrected chi connectivity index (χ2v) is 4.12. The topological polar surface area (TPSA) is 39.7 Å². The SMILES string of the molecule is CNCC(OC1COC1)c1cccc(OC)c1. The van der Waals surface area contributed by atoms with Crippen LogP contribution in [0.25, 0.3) is 0 Å². The van der Waals surface area contributed by atoms with Crippen molar-refractivity contribution in [2.75, 3.05) is 33.9 Å². The van der Waals surface area contributed by atoms with Crippen LogP contribution in [-0.2, 0) is 9.47 Å². The number of nitrogens with one attached hydrogen (secondary N) is 1. The molecule has 0 spiro atoms. The predicted octanol–water partition coefficient (Wildman–Crippen LogP) is 1.37. The van der Waals surface area contributed by atoms with Gasteiger partial charge in [-0.2, -0.15) is 0 Å². The molecule has 1 unspecified atom stereocenters. The molecule has 1 saturated heterocycles. The number of hydrogen-bond donors (Lipinski definition) is 1. The van der Waals surface area contributed by atoms with E-state index in [0.29, 0.717) is 13.2 Å². The first-order valence-corrected chi connectivity index (χ1v) is 5.85. The molecule has 17 heavy (non-hydrogen) atoms. The lowest BCUT2D eigenvalue weighted by atomic mass is 10.1. The third kappa shape index (κ3) is 3.19. The summed E-state index contributed by atoms with van der Waals surface area (Å²) in [5, 5.41) is 3.15. The lowest BCUT2D eigenvalue weighted by molar-refractivity contribution is -0.155. The van der Waals surface area contributed by atoms with Crippen molar-refractivity contribution >= 4 is 0 Å². The minimum atomic E-state index is 0.0454. The van der Waals surface area contributed by atoms with Gasteiger partial charge in [-0.1, -0.05) is 12.1 Å². The average molecular weight is 237 g/mol. The molecule has 0 bridgehead atoms. The Morgan fingerprint density at radius 3 is 2.88 bits per heavy atom. The van der Waals surface area contributed by atoms with Gasteiger partial charge < -0.3 is 19.5 Å². The van der Waals surface area contributed by atoms with Gasteiger partial charge in [0.15, 0.2) is 0 Å². The zero-order chi connectivity index (χ0) is 12.1. The highest BCUT2D eigenvalue weighted by Crippen LogP contribution is 2.24. The Morgan fingerprint density at radius 1 is 1.47 bits per heavy atom. The van der Waals surface area contributed by atoms with Gasteiger partial charge in [0.1, 0.15) is 11.9 Å². The molecule has 1 aliphatic rings. The maximum Gasteiger partial charge on any atom is 0.119 e. The first-order valence-electron chi connectivity index (χ1n) is 5.85. The zero-order valence-corrected chi connectivity index (χ0v) is 10.3. The second kappa shape index (κ2) is 6.00. The fraction of sp³-hybridized carbons (Fsp3) is 0.538. The summed E-state index contributed by atoms with van der Waals surface area (Å²) in [5.41, 5.74) is 1.13. The Balaban J connectivity index is 2.06. The van der Waals surface area contributed by atoms with Crippen LogP contribution in [0.5, 0.6) is 5.75 Å². The Kier molecular flexibility index (Phi) is 4.36. The van der Waals surface area contributed by atoms with E-state index in [9.17, 15) is 0 Å². The van der Waals surface area contributed by atoms with E-state index in [1.54, 1.807) is 7.11 Å². The average Bonchev–Trinajstić information content (AvgIpc) is 2.32. The largest absolute Gasteiger partial charge is 0.497 e. The van der Waals surface area contributed by atoms with Crippen molar-refractivity contribution in [1.29, 1.82) is 0 Å². The molecule has 1 atom stereocenters. The molecular weight excluding hydrogens is 218 g/mol. The summed E-state index contributed by atoms with van der Waals surface area (Å²) >= 11 is 0. The van der Waals surface area contributed by atoms with Gasteiger partial charge in [-0.25, -0.2) is 0 Å². The van der Waals surface area contributed by atoms with Crippen LogP contribution in [-0.4, -0.2) is 40.0 Å². The molecule has 0 amide bonds. The summed E-state index contributed by atoms with van der Waals surface area (Å²) in [6.45, 7) is 2.18. The lowest BCUT2D eigenvalue weighted by Crippen LogP contribution is -2.38. The summed E-state index contributed by atoms with van der Waals surface area (Å²) in [6, 6.07) is 8.00. The van der Waals surface area contributed by atoms with E-state index in [2.05, 4.69) is 11.4 Å². The second-order valence-electron chi connectivity index (χ2n) is 4.12. The van der Waals surface area contributed by atoms with Gasteiger partial charge in [-0.15, -0.1) is 0 Å². The maximum atomic E-state index is 5.97. The van der Waals surface area contributed by atoms with Gasteiger partial charge in [0.2, 0.25) is 0 Å². The summed E-state index contributed by atoms with van der Waals surface area (Å²) < 4.78 is 16.3. The van der Waals surface area contributed by atoms with Crippen molar-refractivity contribution in [2.45, 2.75) is 12.2 Å². The van der Waals surface area contributed by atoms with Crippen molar-refractivity contribution in [3.05, 3.63) is 29.8 Å². The Hall–Kier alpha value is -1.10. The van der Waals surface area contributed by atoms with Crippen LogP contribution in [0.2, 0.25) is 0 Å². The molecule has 0 aromatic heterocycles. The first-order chi connectivity index (χ1) is 8.33. The van der Waals surface area contributed by atoms with Crippen LogP contribution in [0.3, 0.4) is 0 Å². The van der Waals surface area contributed by atoms with Crippen LogP contribution in [0.1, 0.15) is 11.7 Å². The van der Waals surface area contributed by atoms with Gasteiger partial charge in [-0.3, -0.25) is 0 Å².